The number of fused-ring (bicyclic) bond motifs is 1. The van der Waals surface area contributed by atoms with Crippen LogP contribution >= 0.6 is 0 Å². The van der Waals surface area contributed by atoms with Crippen LogP contribution in [0.25, 0.3) is 0 Å². The van der Waals surface area contributed by atoms with Gasteiger partial charge in [-0.1, -0.05) is 49.4 Å². The van der Waals surface area contributed by atoms with Crippen LogP contribution in [-0.2, 0) is 4.79 Å². The van der Waals surface area contributed by atoms with Crippen molar-refractivity contribution >= 4 is 5.91 Å². The highest BCUT2D eigenvalue weighted by atomic mass is 16.5. The van der Waals surface area contributed by atoms with Crippen LogP contribution in [-0.4, -0.2) is 48.6 Å². The highest BCUT2D eigenvalue weighted by Gasteiger charge is 2.43. The molecule has 5 rings (SSSR count). The second-order valence-electron chi connectivity index (χ2n) is 11.1. The molecule has 0 radical (unpaired) electrons. The van der Waals surface area contributed by atoms with Crippen molar-refractivity contribution in [1.29, 1.82) is 0 Å². The number of carbonyl (C=O) groups is 1. The lowest BCUT2D eigenvalue weighted by Crippen LogP contribution is -2.53. The zero-order valence-electron chi connectivity index (χ0n) is 22.0. The molecular weight excluding hydrogens is 448 g/mol. The van der Waals surface area contributed by atoms with E-state index in [0.717, 1.165) is 51.1 Å². The molecule has 0 aromatic heterocycles. The smallest absolute Gasteiger partial charge is 0.223 e. The van der Waals surface area contributed by atoms with Gasteiger partial charge < -0.3 is 15.0 Å². The van der Waals surface area contributed by atoms with Gasteiger partial charge in [0.1, 0.15) is 5.75 Å². The lowest BCUT2D eigenvalue weighted by Gasteiger charge is -2.40. The summed E-state index contributed by atoms with van der Waals surface area (Å²) in [6.45, 7) is 9.35. The zero-order valence-corrected chi connectivity index (χ0v) is 22.0. The molecule has 3 N–H and O–H groups in total. The number of nitrogens with zero attached hydrogens (tertiary/aromatic N) is 1. The Morgan fingerprint density at radius 1 is 1.03 bits per heavy atom. The van der Waals surface area contributed by atoms with E-state index < -0.39 is 0 Å². The molecule has 3 fully saturated rings. The Hall–Kier alpha value is -2.41. The molecule has 6 nitrogen and oxygen atoms in total. The second-order valence-corrected chi connectivity index (χ2v) is 11.1. The topological polar surface area (TPSA) is 65.6 Å². The van der Waals surface area contributed by atoms with E-state index in [2.05, 4.69) is 82.6 Å². The minimum Gasteiger partial charge on any atom is -0.491 e. The summed E-state index contributed by atoms with van der Waals surface area (Å²) in [6.07, 6.45) is 4.12. The predicted molar refractivity (Wildman–Crippen MR) is 144 cm³/mol. The number of carbonyl (C=O) groups excluding carboxylic acids is 1. The Morgan fingerprint density at radius 2 is 1.81 bits per heavy atom. The Labute approximate surface area is 216 Å². The first-order valence-electron chi connectivity index (χ1n) is 13.9. The summed E-state index contributed by atoms with van der Waals surface area (Å²) in [7, 11) is 0. The van der Waals surface area contributed by atoms with Gasteiger partial charge in [-0.05, 0) is 81.8 Å². The molecule has 1 amide bonds. The van der Waals surface area contributed by atoms with E-state index in [1.807, 2.05) is 13.8 Å². The van der Waals surface area contributed by atoms with E-state index in [4.69, 9.17) is 4.74 Å². The van der Waals surface area contributed by atoms with E-state index in [-0.39, 0.29) is 30.0 Å². The van der Waals surface area contributed by atoms with Crippen molar-refractivity contribution in [3.8, 4) is 5.75 Å². The highest BCUT2D eigenvalue weighted by molar-refractivity contribution is 5.79. The molecule has 0 bridgehead atoms. The number of likely N-dealkylation sites (N-methyl/N-ethyl adjacent to an activating group) is 1. The quantitative estimate of drug-likeness (QED) is 0.537. The number of hydrogen-bond donors (Lipinski definition) is 3. The minimum atomic E-state index is 0.0624. The maximum absolute atomic E-state index is 13.6. The summed E-state index contributed by atoms with van der Waals surface area (Å²) in [5, 5.41) is 3.52. The fraction of sp³-hybridized carbons (Fsp3) is 0.567. The third-order valence-corrected chi connectivity index (χ3v) is 8.43. The van der Waals surface area contributed by atoms with E-state index >= 15 is 0 Å². The molecular formula is C30H42N4O2. The average molecular weight is 491 g/mol. The molecule has 2 heterocycles. The zero-order chi connectivity index (χ0) is 25.1. The third-order valence-electron chi connectivity index (χ3n) is 8.43. The van der Waals surface area contributed by atoms with E-state index in [0.29, 0.717) is 17.9 Å². The molecule has 1 saturated carbocycles. The molecule has 0 spiro atoms. The first-order valence-corrected chi connectivity index (χ1v) is 13.9. The number of ether oxygens (including phenoxy) is 1. The molecule has 2 aliphatic heterocycles. The molecule has 36 heavy (non-hydrogen) atoms. The Kier molecular flexibility index (Phi) is 7.94. The van der Waals surface area contributed by atoms with Crippen LogP contribution in [0.4, 0.5) is 0 Å². The fourth-order valence-corrected chi connectivity index (χ4v) is 6.50. The van der Waals surface area contributed by atoms with E-state index in [9.17, 15) is 4.79 Å². The summed E-state index contributed by atoms with van der Waals surface area (Å²) < 4.78 is 5.82. The number of piperidine rings is 1. The van der Waals surface area contributed by atoms with Crippen LogP contribution in [0.3, 0.4) is 0 Å². The molecule has 2 aromatic rings. The van der Waals surface area contributed by atoms with Crippen molar-refractivity contribution in [2.75, 3.05) is 19.6 Å². The van der Waals surface area contributed by atoms with Gasteiger partial charge in [-0.3, -0.25) is 10.2 Å². The summed E-state index contributed by atoms with van der Waals surface area (Å²) in [5.74, 6) is 1.98. The van der Waals surface area contributed by atoms with Gasteiger partial charge in [-0.25, -0.2) is 5.43 Å². The number of rotatable bonds is 7. The summed E-state index contributed by atoms with van der Waals surface area (Å²) in [6, 6.07) is 20.0. The molecule has 3 aliphatic rings. The van der Waals surface area contributed by atoms with E-state index in [1.165, 1.54) is 11.1 Å². The van der Waals surface area contributed by atoms with Gasteiger partial charge in [-0.2, -0.15) is 0 Å². The molecule has 2 saturated heterocycles. The van der Waals surface area contributed by atoms with Gasteiger partial charge in [0.05, 0.1) is 12.1 Å². The number of likely N-dealkylation sites (tertiary alicyclic amines) is 1. The van der Waals surface area contributed by atoms with Crippen LogP contribution in [0.2, 0.25) is 0 Å². The number of nitrogens with one attached hydrogen (secondary N) is 3. The van der Waals surface area contributed by atoms with E-state index in [1.54, 1.807) is 0 Å². The predicted octanol–water partition coefficient (Wildman–Crippen LogP) is 4.40. The number of amides is 1. The molecule has 1 aliphatic carbocycles. The third kappa shape index (κ3) is 5.61. The van der Waals surface area contributed by atoms with Crippen molar-refractivity contribution in [3.63, 3.8) is 0 Å². The SMILES string of the molecule is CCN1CC[C@@H](c2ccccc2)[C@H](NC(=O)C2CCC3NNC(c4ccc(OC(C)C)cc4)C3C2)C1. The standard InChI is InChI=1S/C30H42N4O2/c1-4-34-17-16-25(21-8-6-5-7-9-21)28(19-34)31-30(35)23-12-15-27-26(18-23)29(33-32-27)22-10-13-24(14-11-22)36-20(2)3/h5-11,13-14,20,23,25-29,32-33H,4,12,15-19H2,1-3H3,(H,31,35)/t23?,25-,26?,27?,28+,29?/m0/s1. The maximum Gasteiger partial charge on any atom is 0.223 e. The van der Waals surface area contributed by atoms with Gasteiger partial charge >= 0.3 is 0 Å². The van der Waals surface area contributed by atoms with Gasteiger partial charge in [0, 0.05) is 30.5 Å². The highest BCUT2D eigenvalue weighted by Crippen LogP contribution is 2.41. The molecule has 2 aromatic carbocycles. The lowest BCUT2D eigenvalue weighted by molar-refractivity contribution is -0.127. The first kappa shape index (κ1) is 25.2. The average Bonchev–Trinajstić information content (AvgIpc) is 3.32. The Balaban J connectivity index is 1.25. The Bertz CT molecular complexity index is 996. The summed E-state index contributed by atoms with van der Waals surface area (Å²) in [5.41, 5.74) is 9.64. The van der Waals surface area contributed by atoms with Crippen LogP contribution in [0.15, 0.2) is 54.6 Å². The number of benzene rings is 2. The van der Waals surface area contributed by atoms with Crippen molar-refractivity contribution in [3.05, 3.63) is 65.7 Å². The maximum atomic E-state index is 13.6. The van der Waals surface area contributed by atoms with Crippen molar-refractivity contribution < 1.29 is 9.53 Å². The molecule has 194 valence electrons. The normalized spacial score (nSPS) is 30.7. The lowest BCUT2D eigenvalue weighted by atomic mass is 9.74. The van der Waals surface area contributed by atoms with Crippen LogP contribution in [0.5, 0.6) is 5.75 Å². The first-order chi connectivity index (χ1) is 17.5. The number of hydrazine groups is 1. The van der Waals surface area contributed by atoms with Gasteiger partial charge in [-0.15, -0.1) is 0 Å². The van der Waals surface area contributed by atoms with Crippen molar-refractivity contribution in [2.45, 2.75) is 76.6 Å². The van der Waals surface area contributed by atoms with Crippen molar-refractivity contribution in [1.82, 2.24) is 21.1 Å². The van der Waals surface area contributed by atoms with Crippen LogP contribution in [0.1, 0.15) is 69.5 Å². The number of hydrogen-bond acceptors (Lipinski definition) is 5. The minimum absolute atomic E-state index is 0.0624. The fourth-order valence-electron chi connectivity index (χ4n) is 6.50. The van der Waals surface area contributed by atoms with Gasteiger partial charge in [0.15, 0.2) is 0 Å². The second kappa shape index (κ2) is 11.3. The molecule has 4 unspecified atom stereocenters. The summed E-state index contributed by atoms with van der Waals surface area (Å²) >= 11 is 0. The monoisotopic (exact) mass is 490 g/mol. The Morgan fingerprint density at radius 3 is 2.53 bits per heavy atom. The molecule has 6 atom stereocenters. The summed E-state index contributed by atoms with van der Waals surface area (Å²) in [4.78, 5) is 16.1. The van der Waals surface area contributed by atoms with Crippen LogP contribution in [0, 0.1) is 11.8 Å². The largest absolute Gasteiger partial charge is 0.491 e. The van der Waals surface area contributed by atoms with Gasteiger partial charge in [0.2, 0.25) is 5.91 Å². The molecule has 6 heteroatoms. The van der Waals surface area contributed by atoms with Crippen LogP contribution < -0.4 is 20.9 Å². The van der Waals surface area contributed by atoms with Crippen molar-refractivity contribution in [2.24, 2.45) is 11.8 Å². The van der Waals surface area contributed by atoms with Gasteiger partial charge in [0.25, 0.3) is 0 Å².